The molecule has 0 spiro atoms. The third kappa shape index (κ3) is 4.24. The third-order valence-corrected chi connectivity index (χ3v) is 4.72. The van der Waals surface area contributed by atoms with Crippen molar-refractivity contribution in [1.82, 2.24) is 10.2 Å². The Balaban J connectivity index is 1.56. The van der Waals surface area contributed by atoms with Crippen LogP contribution < -0.4 is 5.32 Å². The molecule has 1 N–H and O–H groups in total. The Morgan fingerprint density at radius 2 is 1.62 bits per heavy atom. The highest BCUT2D eigenvalue weighted by molar-refractivity contribution is 5.94. The lowest BCUT2D eigenvalue weighted by Gasteiger charge is -2.32. The van der Waals surface area contributed by atoms with Crippen LogP contribution in [-0.4, -0.2) is 36.5 Å². The van der Waals surface area contributed by atoms with Gasteiger partial charge in [-0.2, -0.15) is 0 Å². The molecule has 0 saturated carbocycles. The van der Waals surface area contributed by atoms with Crippen molar-refractivity contribution >= 4 is 5.91 Å². The van der Waals surface area contributed by atoms with Gasteiger partial charge in [0.05, 0.1) is 0 Å². The molecule has 126 valence electrons. The Kier molecular flexibility index (Phi) is 5.65. The van der Waals surface area contributed by atoms with Crippen LogP contribution in [0, 0.1) is 0 Å². The summed E-state index contributed by atoms with van der Waals surface area (Å²) in [4.78, 5) is 14.9. The van der Waals surface area contributed by atoms with Gasteiger partial charge in [0.25, 0.3) is 5.91 Å². The smallest absolute Gasteiger partial charge is 0.251 e. The maximum atomic E-state index is 12.4. The molecule has 0 bridgehead atoms. The van der Waals surface area contributed by atoms with Gasteiger partial charge >= 0.3 is 0 Å². The lowest BCUT2D eigenvalue weighted by molar-refractivity contribution is 0.0911. The lowest BCUT2D eigenvalue weighted by atomic mass is 10.0. The molecule has 24 heavy (non-hydrogen) atoms. The average Bonchev–Trinajstić information content (AvgIpc) is 2.64. The zero-order valence-electron chi connectivity index (χ0n) is 14.4. The summed E-state index contributed by atoms with van der Waals surface area (Å²) in [6, 6.07) is 18.4. The summed E-state index contributed by atoms with van der Waals surface area (Å²) < 4.78 is 0. The molecule has 1 aliphatic rings. The minimum Gasteiger partial charge on any atom is -0.349 e. The molecule has 0 atom stereocenters. The van der Waals surface area contributed by atoms with Crippen LogP contribution in [0.3, 0.4) is 0 Å². The molecule has 0 radical (unpaired) electrons. The molecule has 2 aromatic carbocycles. The molecule has 0 aliphatic carbocycles. The highest BCUT2D eigenvalue weighted by Crippen LogP contribution is 2.19. The van der Waals surface area contributed by atoms with Crippen molar-refractivity contribution in [1.29, 1.82) is 0 Å². The van der Waals surface area contributed by atoms with E-state index >= 15 is 0 Å². The minimum atomic E-state index is 0.0450. The second-order valence-electron chi connectivity index (χ2n) is 6.53. The molecular weight excluding hydrogens is 296 g/mol. The number of piperidine rings is 1. The van der Waals surface area contributed by atoms with E-state index in [-0.39, 0.29) is 5.91 Å². The van der Waals surface area contributed by atoms with E-state index in [9.17, 15) is 4.79 Å². The molecular formula is C21H26N2O. The van der Waals surface area contributed by atoms with Crippen molar-refractivity contribution in [2.75, 3.05) is 19.6 Å². The molecule has 1 fully saturated rings. The second kappa shape index (κ2) is 8.11. The van der Waals surface area contributed by atoms with Gasteiger partial charge in [0, 0.05) is 24.7 Å². The summed E-state index contributed by atoms with van der Waals surface area (Å²) in [5.41, 5.74) is 3.05. The van der Waals surface area contributed by atoms with E-state index in [0.29, 0.717) is 6.04 Å². The van der Waals surface area contributed by atoms with Crippen LogP contribution in [0.25, 0.3) is 11.1 Å². The number of likely N-dealkylation sites (tertiary alicyclic amines) is 1. The van der Waals surface area contributed by atoms with Gasteiger partial charge in [0.15, 0.2) is 0 Å². The van der Waals surface area contributed by atoms with Gasteiger partial charge in [-0.05, 0) is 49.1 Å². The van der Waals surface area contributed by atoms with E-state index in [4.69, 9.17) is 0 Å². The van der Waals surface area contributed by atoms with Crippen molar-refractivity contribution < 1.29 is 4.79 Å². The van der Waals surface area contributed by atoms with Crippen LogP contribution in [-0.2, 0) is 0 Å². The summed E-state index contributed by atoms with van der Waals surface area (Å²) in [5, 5.41) is 3.19. The van der Waals surface area contributed by atoms with Crippen molar-refractivity contribution in [3.05, 3.63) is 60.2 Å². The normalized spacial score (nSPS) is 16.0. The highest BCUT2D eigenvalue weighted by atomic mass is 16.1. The van der Waals surface area contributed by atoms with Crippen molar-refractivity contribution in [2.24, 2.45) is 0 Å². The molecule has 1 saturated heterocycles. The van der Waals surface area contributed by atoms with Gasteiger partial charge in [-0.3, -0.25) is 4.79 Å². The predicted octanol–water partition coefficient (Wildman–Crippen LogP) is 3.96. The fourth-order valence-corrected chi connectivity index (χ4v) is 3.33. The van der Waals surface area contributed by atoms with E-state index in [1.54, 1.807) is 0 Å². The number of amides is 1. The topological polar surface area (TPSA) is 32.3 Å². The van der Waals surface area contributed by atoms with Crippen LogP contribution in [0.5, 0.6) is 0 Å². The van der Waals surface area contributed by atoms with Gasteiger partial charge in [0.1, 0.15) is 0 Å². The summed E-state index contributed by atoms with van der Waals surface area (Å²) >= 11 is 0. The Morgan fingerprint density at radius 1 is 1.00 bits per heavy atom. The first-order valence-corrected chi connectivity index (χ1v) is 8.95. The zero-order valence-corrected chi connectivity index (χ0v) is 14.4. The molecule has 2 aromatic rings. The Hall–Kier alpha value is -2.13. The van der Waals surface area contributed by atoms with E-state index < -0.39 is 0 Å². The third-order valence-electron chi connectivity index (χ3n) is 4.72. The number of nitrogens with one attached hydrogen (secondary N) is 1. The highest BCUT2D eigenvalue weighted by Gasteiger charge is 2.20. The van der Waals surface area contributed by atoms with Crippen molar-refractivity contribution in [3.63, 3.8) is 0 Å². The number of nitrogens with zero attached hydrogens (tertiary/aromatic N) is 1. The Bertz CT molecular complexity index is 643. The number of carbonyl (C=O) groups is 1. The first-order chi connectivity index (χ1) is 11.8. The Labute approximate surface area is 144 Å². The van der Waals surface area contributed by atoms with Crippen LogP contribution in [0.15, 0.2) is 54.6 Å². The van der Waals surface area contributed by atoms with E-state index in [1.165, 1.54) is 18.5 Å². The molecule has 1 heterocycles. The summed E-state index contributed by atoms with van der Waals surface area (Å²) in [5.74, 6) is 0.0450. The SMILES string of the molecule is CCCN1CCC(NC(=O)c2ccc(-c3ccccc3)cc2)CC1. The minimum absolute atomic E-state index is 0.0450. The van der Waals surface area contributed by atoms with Crippen LogP contribution in [0.1, 0.15) is 36.5 Å². The van der Waals surface area contributed by atoms with Crippen LogP contribution >= 0.6 is 0 Å². The lowest BCUT2D eigenvalue weighted by Crippen LogP contribution is -2.44. The number of hydrogen-bond acceptors (Lipinski definition) is 2. The molecule has 1 aliphatic heterocycles. The number of carbonyl (C=O) groups excluding carboxylic acids is 1. The molecule has 1 amide bonds. The Morgan fingerprint density at radius 3 is 2.25 bits per heavy atom. The van der Waals surface area contributed by atoms with Gasteiger partial charge < -0.3 is 10.2 Å². The molecule has 3 nitrogen and oxygen atoms in total. The fourth-order valence-electron chi connectivity index (χ4n) is 3.33. The van der Waals surface area contributed by atoms with Crippen LogP contribution in [0.4, 0.5) is 0 Å². The fraction of sp³-hybridized carbons (Fsp3) is 0.381. The monoisotopic (exact) mass is 322 g/mol. The summed E-state index contributed by atoms with van der Waals surface area (Å²) in [6.07, 6.45) is 3.30. The van der Waals surface area contributed by atoms with Gasteiger partial charge in [-0.25, -0.2) is 0 Å². The van der Waals surface area contributed by atoms with E-state index in [1.807, 2.05) is 42.5 Å². The first-order valence-electron chi connectivity index (χ1n) is 8.95. The largest absolute Gasteiger partial charge is 0.349 e. The van der Waals surface area contributed by atoms with E-state index in [2.05, 4.69) is 29.3 Å². The quantitative estimate of drug-likeness (QED) is 0.904. The average molecular weight is 322 g/mol. The van der Waals surface area contributed by atoms with Gasteiger partial charge in [-0.1, -0.05) is 49.4 Å². The summed E-state index contributed by atoms with van der Waals surface area (Å²) in [7, 11) is 0. The van der Waals surface area contributed by atoms with Crippen molar-refractivity contribution in [3.8, 4) is 11.1 Å². The first kappa shape index (κ1) is 16.7. The zero-order chi connectivity index (χ0) is 16.8. The predicted molar refractivity (Wildman–Crippen MR) is 99.1 cm³/mol. The standard InChI is InChI=1S/C21H26N2O/c1-2-14-23-15-12-20(13-16-23)22-21(24)19-10-8-18(9-11-19)17-6-4-3-5-7-17/h3-11,20H,2,12-16H2,1H3,(H,22,24). The maximum Gasteiger partial charge on any atom is 0.251 e. The molecule has 0 aromatic heterocycles. The number of hydrogen-bond donors (Lipinski definition) is 1. The van der Waals surface area contributed by atoms with Gasteiger partial charge in [0.2, 0.25) is 0 Å². The molecule has 3 heteroatoms. The van der Waals surface area contributed by atoms with Crippen LogP contribution in [0.2, 0.25) is 0 Å². The molecule has 0 unspecified atom stereocenters. The summed E-state index contributed by atoms with van der Waals surface area (Å²) in [6.45, 7) is 5.56. The maximum absolute atomic E-state index is 12.4. The van der Waals surface area contributed by atoms with E-state index in [0.717, 1.165) is 37.1 Å². The number of rotatable bonds is 5. The van der Waals surface area contributed by atoms with Gasteiger partial charge in [-0.15, -0.1) is 0 Å². The second-order valence-corrected chi connectivity index (χ2v) is 6.53. The van der Waals surface area contributed by atoms with Crippen molar-refractivity contribution in [2.45, 2.75) is 32.2 Å². The number of benzene rings is 2. The molecule has 3 rings (SSSR count).